The third-order valence-corrected chi connectivity index (χ3v) is 6.11. The van der Waals surface area contributed by atoms with Crippen molar-refractivity contribution in [3.63, 3.8) is 0 Å². The molecule has 0 atom stereocenters. The first-order valence-corrected chi connectivity index (χ1v) is 10.3. The summed E-state index contributed by atoms with van der Waals surface area (Å²) in [6, 6.07) is 15.0. The van der Waals surface area contributed by atoms with Gasteiger partial charge in [0.1, 0.15) is 5.54 Å². The monoisotopic (exact) mass is 406 g/mol. The Kier molecular flexibility index (Phi) is 5.28. The molecule has 2 fully saturated rings. The molecule has 0 N–H and O–H groups in total. The van der Waals surface area contributed by atoms with Gasteiger partial charge in [0.2, 0.25) is 5.91 Å². The SMILES string of the molecule is CC(=O)N1CCC2(CC1)C(=O)N(Cc1cccc(C)n1)C(=O)N2Cc1ccccc1. The largest absolute Gasteiger partial charge is 0.343 e. The van der Waals surface area contributed by atoms with Crippen LogP contribution >= 0.6 is 0 Å². The molecule has 2 aliphatic heterocycles. The van der Waals surface area contributed by atoms with E-state index in [2.05, 4.69) is 4.98 Å². The summed E-state index contributed by atoms with van der Waals surface area (Å²) in [5.41, 5.74) is 1.59. The summed E-state index contributed by atoms with van der Waals surface area (Å²) in [6.07, 6.45) is 0.892. The Hall–Kier alpha value is -3.22. The van der Waals surface area contributed by atoms with Crippen molar-refractivity contribution in [1.29, 1.82) is 0 Å². The van der Waals surface area contributed by atoms with E-state index in [1.165, 1.54) is 11.8 Å². The second-order valence-electron chi connectivity index (χ2n) is 8.05. The van der Waals surface area contributed by atoms with E-state index in [4.69, 9.17) is 0 Å². The highest BCUT2D eigenvalue weighted by Gasteiger charge is 2.58. The van der Waals surface area contributed by atoms with Crippen molar-refractivity contribution in [3.8, 4) is 0 Å². The van der Waals surface area contributed by atoms with Crippen molar-refractivity contribution in [3.05, 3.63) is 65.5 Å². The maximum Gasteiger partial charge on any atom is 0.328 e. The van der Waals surface area contributed by atoms with Gasteiger partial charge in [-0.25, -0.2) is 4.79 Å². The van der Waals surface area contributed by atoms with Crippen LogP contribution in [0.1, 0.15) is 36.7 Å². The quantitative estimate of drug-likeness (QED) is 0.732. The van der Waals surface area contributed by atoms with Gasteiger partial charge in [0.05, 0.1) is 12.2 Å². The molecular formula is C23H26N4O3. The number of nitrogens with zero attached hydrogens (tertiary/aromatic N) is 4. The number of hydrogen-bond donors (Lipinski definition) is 0. The van der Waals surface area contributed by atoms with Crippen LogP contribution in [0, 0.1) is 6.92 Å². The lowest BCUT2D eigenvalue weighted by Crippen LogP contribution is -2.56. The van der Waals surface area contributed by atoms with Gasteiger partial charge < -0.3 is 9.80 Å². The fourth-order valence-electron chi connectivity index (χ4n) is 4.43. The highest BCUT2D eigenvalue weighted by Crippen LogP contribution is 2.39. The molecular weight excluding hydrogens is 380 g/mol. The van der Waals surface area contributed by atoms with E-state index < -0.39 is 5.54 Å². The van der Waals surface area contributed by atoms with Crippen molar-refractivity contribution in [2.75, 3.05) is 13.1 Å². The fraction of sp³-hybridized carbons (Fsp3) is 0.391. The van der Waals surface area contributed by atoms with Gasteiger partial charge in [-0.3, -0.25) is 19.5 Å². The third-order valence-electron chi connectivity index (χ3n) is 6.11. The number of carbonyl (C=O) groups is 3. The lowest BCUT2D eigenvalue weighted by atomic mass is 9.85. The fourth-order valence-corrected chi connectivity index (χ4v) is 4.43. The molecule has 0 bridgehead atoms. The minimum atomic E-state index is -0.914. The minimum absolute atomic E-state index is 0.00273. The molecule has 2 saturated heterocycles. The number of hydrogen-bond acceptors (Lipinski definition) is 4. The first-order valence-electron chi connectivity index (χ1n) is 10.3. The third kappa shape index (κ3) is 3.56. The lowest BCUT2D eigenvalue weighted by molar-refractivity contribution is -0.140. The molecule has 0 aliphatic carbocycles. The Bertz CT molecular complexity index is 967. The molecule has 1 aromatic carbocycles. The van der Waals surface area contributed by atoms with Crippen LogP contribution in [0.3, 0.4) is 0 Å². The van der Waals surface area contributed by atoms with E-state index in [0.717, 1.165) is 11.3 Å². The predicted octanol–water partition coefficient (Wildman–Crippen LogP) is 2.74. The average molecular weight is 406 g/mol. The molecule has 4 amide bonds. The number of imide groups is 1. The number of carbonyl (C=O) groups excluding carboxylic acids is 3. The number of aromatic nitrogens is 1. The Balaban J connectivity index is 1.65. The zero-order valence-electron chi connectivity index (χ0n) is 17.4. The molecule has 1 spiro atoms. The van der Waals surface area contributed by atoms with Crippen molar-refractivity contribution in [2.24, 2.45) is 0 Å². The van der Waals surface area contributed by atoms with Gasteiger partial charge in [0.25, 0.3) is 5.91 Å². The maximum atomic E-state index is 13.6. The van der Waals surface area contributed by atoms with Crippen molar-refractivity contribution in [2.45, 2.75) is 45.3 Å². The number of amides is 4. The van der Waals surface area contributed by atoms with E-state index in [-0.39, 0.29) is 24.4 Å². The number of rotatable bonds is 4. The normalized spacial score (nSPS) is 18.4. The summed E-state index contributed by atoms with van der Waals surface area (Å²) in [5.74, 6) is -0.188. The van der Waals surface area contributed by atoms with Gasteiger partial charge in [-0.15, -0.1) is 0 Å². The second-order valence-corrected chi connectivity index (χ2v) is 8.05. The Morgan fingerprint density at radius 2 is 1.70 bits per heavy atom. The number of urea groups is 1. The van der Waals surface area contributed by atoms with Crippen LogP contribution in [0.4, 0.5) is 4.79 Å². The zero-order valence-corrected chi connectivity index (χ0v) is 17.4. The molecule has 2 aromatic rings. The van der Waals surface area contributed by atoms with Gasteiger partial charge in [0, 0.05) is 32.3 Å². The Labute approximate surface area is 176 Å². The molecule has 0 saturated carbocycles. The Morgan fingerprint density at radius 1 is 1.00 bits per heavy atom. The van der Waals surface area contributed by atoms with Crippen LogP contribution in [0.2, 0.25) is 0 Å². The van der Waals surface area contributed by atoms with E-state index in [1.54, 1.807) is 9.80 Å². The minimum Gasteiger partial charge on any atom is -0.343 e. The van der Waals surface area contributed by atoms with Crippen LogP contribution in [0.5, 0.6) is 0 Å². The summed E-state index contributed by atoms with van der Waals surface area (Å²) in [7, 11) is 0. The zero-order chi connectivity index (χ0) is 21.3. The standard InChI is InChI=1S/C23H26N4O3/c1-17-7-6-10-20(24-17)16-26-21(29)23(11-13-25(14-12-23)18(2)28)27(22(26)30)15-19-8-4-3-5-9-19/h3-10H,11-16H2,1-2H3. The molecule has 2 aliphatic rings. The van der Waals surface area contributed by atoms with Gasteiger partial charge >= 0.3 is 6.03 Å². The highest BCUT2D eigenvalue weighted by atomic mass is 16.2. The molecule has 0 unspecified atom stereocenters. The van der Waals surface area contributed by atoms with Crippen molar-refractivity contribution in [1.82, 2.24) is 19.7 Å². The molecule has 7 nitrogen and oxygen atoms in total. The molecule has 3 heterocycles. The Morgan fingerprint density at radius 3 is 2.33 bits per heavy atom. The average Bonchev–Trinajstić information content (AvgIpc) is 2.91. The summed E-state index contributed by atoms with van der Waals surface area (Å²) >= 11 is 0. The number of piperidine rings is 1. The smallest absolute Gasteiger partial charge is 0.328 e. The van der Waals surface area contributed by atoms with Gasteiger partial charge in [-0.05, 0) is 37.5 Å². The van der Waals surface area contributed by atoms with Gasteiger partial charge in [-0.1, -0.05) is 36.4 Å². The summed E-state index contributed by atoms with van der Waals surface area (Å²) in [4.78, 5) is 48.1. The van der Waals surface area contributed by atoms with Crippen molar-refractivity contribution < 1.29 is 14.4 Å². The summed E-state index contributed by atoms with van der Waals surface area (Å²) in [5, 5.41) is 0. The molecule has 1 aromatic heterocycles. The topological polar surface area (TPSA) is 73.8 Å². The molecule has 30 heavy (non-hydrogen) atoms. The van der Waals surface area contributed by atoms with E-state index in [9.17, 15) is 14.4 Å². The molecule has 7 heteroatoms. The van der Waals surface area contributed by atoms with Crippen LogP contribution in [0.25, 0.3) is 0 Å². The van der Waals surface area contributed by atoms with E-state index >= 15 is 0 Å². The van der Waals surface area contributed by atoms with Crippen molar-refractivity contribution >= 4 is 17.8 Å². The van der Waals surface area contributed by atoms with Crippen LogP contribution in [-0.4, -0.2) is 56.2 Å². The summed E-state index contributed by atoms with van der Waals surface area (Å²) < 4.78 is 0. The second kappa shape index (κ2) is 7.89. The number of likely N-dealkylation sites (tertiary alicyclic amines) is 1. The van der Waals surface area contributed by atoms with E-state index in [0.29, 0.717) is 38.2 Å². The lowest BCUT2D eigenvalue weighted by Gasteiger charge is -2.42. The summed E-state index contributed by atoms with van der Waals surface area (Å²) in [6.45, 7) is 4.88. The van der Waals surface area contributed by atoms with Crippen LogP contribution < -0.4 is 0 Å². The number of pyridine rings is 1. The molecule has 156 valence electrons. The van der Waals surface area contributed by atoms with Gasteiger partial charge in [-0.2, -0.15) is 0 Å². The predicted molar refractivity (Wildman–Crippen MR) is 111 cm³/mol. The number of aryl methyl sites for hydroxylation is 1. The van der Waals surface area contributed by atoms with Gasteiger partial charge in [0.15, 0.2) is 0 Å². The molecule has 4 rings (SSSR count). The van der Waals surface area contributed by atoms with Crippen LogP contribution in [0.15, 0.2) is 48.5 Å². The number of benzene rings is 1. The first kappa shape index (κ1) is 20.1. The van der Waals surface area contributed by atoms with E-state index in [1.807, 2.05) is 55.5 Å². The van der Waals surface area contributed by atoms with Crippen LogP contribution in [-0.2, 0) is 22.7 Å². The molecule has 0 radical (unpaired) electrons. The maximum absolute atomic E-state index is 13.6. The first-order chi connectivity index (χ1) is 14.4. The highest BCUT2D eigenvalue weighted by molar-refractivity contribution is 6.07.